The third-order valence-electron chi connectivity index (χ3n) is 5.62. The van der Waals surface area contributed by atoms with Gasteiger partial charge in [-0.3, -0.25) is 4.79 Å². The Balaban J connectivity index is 1.69. The number of benzene rings is 1. The normalized spacial score (nSPS) is 15.2. The molecule has 4 aromatic rings. The van der Waals surface area contributed by atoms with Crippen LogP contribution in [0.25, 0.3) is 32.6 Å². The van der Waals surface area contributed by atoms with Crippen LogP contribution >= 0.6 is 11.3 Å². The van der Waals surface area contributed by atoms with E-state index in [2.05, 4.69) is 53.2 Å². The van der Waals surface area contributed by atoms with Gasteiger partial charge in [0, 0.05) is 19.1 Å². The molecule has 0 atom stereocenters. The molecule has 1 aliphatic rings. The second-order valence-corrected chi connectivity index (χ2v) is 9.11. The van der Waals surface area contributed by atoms with Crippen LogP contribution in [-0.4, -0.2) is 46.0 Å². The van der Waals surface area contributed by atoms with Crippen LogP contribution in [0.1, 0.15) is 25.0 Å². The van der Waals surface area contributed by atoms with Crippen LogP contribution in [0.2, 0.25) is 0 Å². The molecule has 3 N–H and O–H groups in total. The van der Waals surface area contributed by atoms with Crippen LogP contribution in [0.4, 0.5) is 5.69 Å². The molecule has 0 unspecified atom stereocenters. The van der Waals surface area contributed by atoms with Gasteiger partial charge >= 0.3 is 0 Å². The molecule has 0 fully saturated rings. The molecule has 3 aromatic heterocycles. The summed E-state index contributed by atoms with van der Waals surface area (Å²) in [5.41, 5.74) is 6.83. The molecule has 0 amide bonds. The molecule has 0 aliphatic carbocycles. The molecule has 7 heteroatoms. The molecule has 150 valence electrons. The Kier molecular flexibility index (Phi) is 4.44. The Morgan fingerprint density at radius 1 is 1.14 bits per heavy atom. The molecular weight excluding hydrogens is 382 g/mol. The highest BCUT2D eigenvalue weighted by Crippen LogP contribution is 2.34. The summed E-state index contributed by atoms with van der Waals surface area (Å²) in [6, 6.07) is 6.56. The number of fused-ring (bicyclic) bond motifs is 3. The first-order chi connectivity index (χ1) is 14.0. The van der Waals surface area contributed by atoms with E-state index in [-0.39, 0.29) is 11.6 Å². The molecule has 6 nitrogen and oxygen atoms in total. The fourth-order valence-corrected chi connectivity index (χ4v) is 4.99. The van der Waals surface area contributed by atoms with Crippen LogP contribution < -0.4 is 10.9 Å². The molecule has 0 radical (unpaired) electrons. The SMILES string of the molecule is CC(C)Nc1c(-c2nc3cc4c(cc3[nH]2)CCN(C)CC4)c(=O)[nH]c2ccsc12. The second kappa shape index (κ2) is 7.00. The number of aromatic amines is 2. The molecule has 29 heavy (non-hydrogen) atoms. The maximum Gasteiger partial charge on any atom is 0.261 e. The van der Waals surface area contributed by atoms with Crippen molar-refractivity contribution in [2.24, 2.45) is 0 Å². The van der Waals surface area contributed by atoms with Crippen LogP contribution in [0.3, 0.4) is 0 Å². The number of rotatable bonds is 3. The second-order valence-electron chi connectivity index (χ2n) is 8.19. The number of nitrogens with zero attached hydrogens (tertiary/aromatic N) is 2. The van der Waals surface area contributed by atoms with Crippen molar-refractivity contribution in [3.63, 3.8) is 0 Å². The maximum absolute atomic E-state index is 13.0. The first-order valence-corrected chi connectivity index (χ1v) is 11.0. The van der Waals surface area contributed by atoms with Crippen molar-refractivity contribution in [2.75, 3.05) is 25.5 Å². The van der Waals surface area contributed by atoms with Crippen molar-refractivity contribution in [1.82, 2.24) is 19.9 Å². The summed E-state index contributed by atoms with van der Waals surface area (Å²) in [5.74, 6) is 0.622. The lowest BCUT2D eigenvalue weighted by atomic mass is 10.0. The predicted octanol–water partition coefficient (Wildman–Crippen LogP) is 3.98. The minimum absolute atomic E-state index is 0.124. The highest BCUT2D eigenvalue weighted by molar-refractivity contribution is 7.17. The van der Waals surface area contributed by atoms with Crippen LogP contribution in [0.15, 0.2) is 28.4 Å². The average molecular weight is 408 g/mol. The third-order valence-corrected chi connectivity index (χ3v) is 6.55. The quantitative estimate of drug-likeness (QED) is 0.480. The Bertz CT molecular complexity index is 1220. The number of anilines is 1. The molecule has 0 saturated carbocycles. The van der Waals surface area contributed by atoms with Crippen molar-refractivity contribution in [2.45, 2.75) is 32.7 Å². The molecular formula is C22H25N5OS. The number of aromatic nitrogens is 3. The van der Waals surface area contributed by atoms with E-state index in [9.17, 15) is 4.79 Å². The fourth-order valence-electron chi connectivity index (χ4n) is 4.13. The minimum Gasteiger partial charge on any atom is -0.381 e. The highest BCUT2D eigenvalue weighted by atomic mass is 32.1. The van der Waals surface area contributed by atoms with Crippen LogP contribution in [0, 0.1) is 0 Å². The van der Waals surface area contributed by atoms with E-state index < -0.39 is 0 Å². The lowest BCUT2D eigenvalue weighted by Crippen LogP contribution is -2.20. The molecule has 0 spiro atoms. The van der Waals surface area contributed by atoms with Gasteiger partial charge in [0.05, 0.1) is 26.9 Å². The van der Waals surface area contributed by atoms with Gasteiger partial charge in [-0.05, 0) is 68.4 Å². The molecule has 0 bridgehead atoms. The molecule has 1 aromatic carbocycles. The van der Waals surface area contributed by atoms with E-state index in [0.717, 1.165) is 52.9 Å². The lowest BCUT2D eigenvalue weighted by molar-refractivity contribution is 0.352. The Hall–Kier alpha value is -2.64. The lowest BCUT2D eigenvalue weighted by Gasteiger charge is -2.14. The number of hydrogen-bond acceptors (Lipinski definition) is 5. The largest absolute Gasteiger partial charge is 0.381 e. The van der Waals surface area contributed by atoms with Crippen molar-refractivity contribution in [1.29, 1.82) is 0 Å². The van der Waals surface area contributed by atoms with Gasteiger partial charge in [0.2, 0.25) is 0 Å². The highest BCUT2D eigenvalue weighted by Gasteiger charge is 2.20. The van der Waals surface area contributed by atoms with Gasteiger partial charge in [0.25, 0.3) is 5.56 Å². The van der Waals surface area contributed by atoms with Crippen LogP contribution in [0.5, 0.6) is 0 Å². The summed E-state index contributed by atoms with van der Waals surface area (Å²) in [6.45, 7) is 6.29. The molecule has 4 heterocycles. The standard InChI is InChI=1S/C22H25N5OS/c1-12(2)23-19-18(22(28)26-15-6-9-29-20(15)19)21-24-16-10-13-4-7-27(3)8-5-14(13)11-17(16)25-21/h6,9-12H,4-5,7-8H2,1-3H3,(H,24,25)(H2,23,26,28). The van der Waals surface area contributed by atoms with Gasteiger partial charge in [-0.15, -0.1) is 11.3 Å². The van der Waals surface area contributed by atoms with Crippen LogP contribution in [-0.2, 0) is 12.8 Å². The maximum atomic E-state index is 13.0. The van der Waals surface area contributed by atoms with Crippen molar-refractivity contribution in [3.8, 4) is 11.4 Å². The number of H-pyrrole nitrogens is 2. The Morgan fingerprint density at radius 3 is 2.66 bits per heavy atom. The summed E-state index contributed by atoms with van der Waals surface area (Å²) in [4.78, 5) is 26.6. The zero-order valence-corrected chi connectivity index (χ0v) is 17.7. The summed E-state index contributed by atoms with van der Waals surface area (Å²) < 4.78 is 1.05. The van der Waals surface area contributed by atoms with Crippen molar-refractivity contribution in [3.05, 3.63) is 45.1 Å². The summed E-state index contributed by atoms with van der Waals surface area (Å²) in [6.07, 6.45) is 2.07. The van der Waals surface area contributed by atoms with E-state index >= 15 is 0 Å². The van der Waals surface area contributed by atoms with E-state index in [1.165, 1.54) is 11.1 Å². The van der Waals surface area contributed by atoms with Gasteiger partial charge in [0.15, 0.2) is 0 Å². The predicted molar refractivity (Wildman–Crippen MR) is 121 cm³/mol. The smallest absolute Gasteiger partial charge is 0.261 e. The summed E-state index contributed by atoms with van der Waals surface area (Å²) in [5, 5.41) is 5.48. The minimum atomic E-state index is -0.124. The number of thiophene rings is 1. The van der Waals surface area contributed by atoms with Gasteiger partial charge in [-0.2, -0.15) is 0 Å². The van der Waals surface area contributed by atoms with Crippen molar-refractivity contribution < 1.29 is 0 Å². The van der Waals surface area contributed by atoms with Gasteiger partial charge in [-0.25, -0.2) is 4.98 Å². The fraction of sp³-hybridized carbons (Fsp3) is 0.364. The van der Waals surface area contributed by atoms with E-state index in [0.29, 0.717) is 11.4 Å². The summed E-state index contributed by atoms with van der Waals surface area (Å²) in [7, 11) is 2.17. The number of imidazole rings is 1. The van der Waals surface area contributed by atoms with E-state index in [1.807, 2.05) is 11.4 Å². The topological polar surface area (TPSA) is 76.8 Å². The number of nitrogens with one attached hydrogen (secondary N) is 3. The molecule has 5 rings (SSSR count). The van der Waals surface area contributed by atoms with Gasteiger partial charge in [0.1, 0.15) is 11.4 Å². The molecule has 1 aliphatic heterocycles. The van der Waals surface area contributed by atoms with Gasteiger partial charge in [-0.1, -0.05) is 0 Å². The molecule has 0 saturated heterocycles. The number of pyridine rings is 1. The Labute approximate surface area is 173 Å². The number of likely N-dealkylation sites (N-methyl/N-ethyl adjacent to an activating group) is 1. The average Bonchev–Trinajstić information content (AvgIpc) is 3.25. The zero-order chi connectivity index (χ0) is 20.1. The van der Waals surface area contributed by atoms with E-state index in [1.54, 1.807) is 11.3 Å². The van der Waals surface area contributed by atoms with Gasteiger partial charge < -0.3 is 20.2 Å². The van der Waals surface area contributed by atoms with E-state index in [4.69, 9.17) is 4.98 Å². The third kappa shape index (κ3) is 3.24. The first-order valence-electron chi connectivity index (χ1n) is 10.1. The van der Waals surface area contributed by atoms with Crippen molar-refractivity contribution >= 4 is 38.3 Å². The number of hydrogen-bond donors (Lipinski definition) is 3. The zero-order valence-electron chi connectivity index (χ0n) is 16.9. The summed E-state index contributed by atoms with van der Waals surface area (Å²) >= 11 is 1.62. The monoisotopic (exact) mass is 407 g/mol. The first kappa shape index (κ1) is 18.4. The Morgan fingerprint density at radius 2 is 1.90 bits per heavy atom.